The number of rotatable bonds is 6. The van der Waals surface area contributed by atoms with Gasteiger partial charge in [0, 0.05) is 34.9 Å². The molecule has 2 unspecified atom stereocenters. The van der Waals surface area contributed by atoms with Crippen molar-refractivity contribution in [1.29, 1.82) is 0 Å². The van der Waals surface area contributed by atoms with Gasteiger partial charge >= 0.3 is 5.97 Å². The molecule has 1 aromatic heterocycles. The maximum Gasteiger partial charge on any atom is 0.352 e. The summed E-state index contributed by atoms with van der Waals surface area (Å²) in [4.78, 5) is 22.6. The second-order valence-corrected chi connectivity index (χ2v) is 5.99. The number of carbonyl (C=O) groups is 1. The zero-order valence-corrected chi connectivity index (χ0v) is 11.9. The van der Waals surface area contributed by atoms with Crippen molar-refractivity contribution in [2.45, 2.75) is 25.1 Å². The number of nitrogens with zero attached hydrogens (tertiary/aromatic N) is 1. The van der Waals surface area contributed by atoms with E-state index in [1.54, 1.807) is 6.26 Å². The standard InChI is InChI=1S/C12H17NO5S/c1-8(19(3)17)4-5-13-7-11(18-2)10(14)6-9(13)12(15)16/h6-8H,4-5H2,1-3H3,(H,15,16). The maximum absolute atomic E-state index is 11.5. The molecule has 1 aromatic rings. The minimum Gasteiger partial charge on any atom is -0.491 e. The molecule has 6 nitrogen and oxygen atoms in total. The summed E-state index contributed by atoms with van der Waals surface area (Å²) < 4.78 is 17.6. The third kappa shape index (κ3) is 3.92. The van der Waals surface area contributed by atoms with Crippen LogP contribution in [0.3, 0.4) is 0 Å². The summed E-state index contributed by atoms with van der Waals surface area (Å²) in [5.74, 6) is -1.08. The van der Waals surface area contributed by atoms with Gasteiger partial charge in [0.2, 0.25) is 5.43 Å². The van der Waals surface area contributed by atoms with Gasteiger partial charge in [-0.1, -0.05) is 6.92 Å². The van der Waals surface area contributed by atoms with Crippen molar-refractivity contribution in [3.8, 4) is 5.75 Å². The van der Waals surface area contributed by atoms with Gasteiger partial charge in [-0.05, 0) is 6.42 Å². The fourth-order valence-corrected chi connectivity index (χ4v) is 2.00. The van der Waals surface area contributed by atoms with Gasteiger partial charge in [-0.25, -0.2) is 4.79 Å². The highest BCUT2D eigenvalue weighted by Crippen LogP contribution is 2.10. The minimum atomic E-state index is -1.18. The Hall–Kier alpha value is -1.63. The fourth-order valence-electron chi connectivity index (χ4n) is 1.56. The van der Waals surface area contributed by atoms with Gasteiger partial charge in [0.25, 0.3) is 0 Å². The molecule has 0 saturated heterocycles. The van der Waals surface area contributed by atoms with E-state index in [1.807, 2.05) is 6.92 Å². The number of methoxy groups -OCH3 is 1. The molecule has 0 bridgehead atoms. The van der Waals surface area contributed by atoms with Crippen LogP contribution in [0, 0.1) is 0 Å². The maximum atomic E-state index is 11.5. The van der Waals surface area contributed by atoms with Gasteiger partial charge in [0.05, 0.1) is 13.3 Å². The molecule has 1 N–H and O–H groups in total. The molecule has 106 valence electrons. The molecular weight excluding hydrogens is 270 g/mol. The van der Waals surface area contributed by atoms with E-state index in [1.165, 1.54) is 17.9 Å². The number of carboxylic acids is 1. The normalized spacial score (nSPS) is 13.8. The Balaban J connectivity index is 3.07. The first-order valence-corrected chi connectivity index (χ1v) is 7.33. The molecule has 1 heterocycles. The molecule has 7 heteroatoms. The molecule has 0 amide bonds. The van der Waals surface area contributed by atoms with Gasteiger partial charge < -0.3 is 14.4 Å². The lowest BCUT2D eigenvalue weighted by Gasteiger charge is -2.14. The van der Waals surface area contributed by atoms with E-state index in [-0.39, 0.29) is 16.7 Å². The van der Waals surface area contributed by atoms with Crippen LogP contribution in [0.4, 0.5) is 0 Å². The van der Waals surface area contributed by atoms with Crippen LogP contribution in [0.5, 0.6) is 5.75 Å². The molecule has 2 atom stereocenters. The quantitative estimate of drug-likeness (QED) is 0.833. The van der Waals surface area contributed by atoms with Gasteiger partial charge in [-0.3, -0.25) is 9.00 Å². The van der Waals surface area contributed by atoms with Crippen LogP contribution < -0.4 is 10.2 Å². The van der Waals surface area contributed by atoms with Crippen LogP contribution in [0.2, 0.25) is 0 Å². The second kappa shape index (κ2) is 6.51. The van der Waals surface area contributed by atoms with Crippen molar-refractivity contribution in [2.75, 3.05) is 13.4 Å². The first-order valence-electron chi connectivity index (χ1n) is 5.70. The average molecular weight is 287 g/mol. The van der Waals surface area contributed by atoms with Crippen LogP contribution in [-0.2, 0) is 17.3 Å². The summed E-state index contributed by atoms with van der Waals surface area (Å²) in [5.41, 5.74) is -0.567. The van der Waals surface area contributed by atoms with Gasteiger partial charge in [0.1, 0.15) is 5.69 Å². The van der Waals surface area contributed by atoms with E-state index in [4.69, 9.17) is 9.84 Å². The van der Waals surface area contributed by atoms with E-state index in [2.05, 4.69) is 0 Å². The molecule has 0 spiro atoms. The number of aromatic carboxylic acids is 1. The smallest absolute Gasteiger partial charge is 0.352 e. The van der Waals surface area contributed by atoms with Crippen LogP contribution in [0.1, 0.15) is 23.8 Å². The van der Waals surface area contributed by atoms with E-state index in [0.717, 1.165) is 6.07 Å². The number of hydrogen-bond donors (Lipinski definition) is 1. The van der Waals surface area contributed by atoms with Gasteiger partial charge in [-0.2, -0.15) is 0 Å². The summed E-state index contributed by atoms with van der Waals surface area (Å²) in [7, 11) is 0.386. The molecule has 0 radical (unpaired) electrons. The SMILES string of the molecule is COc1cn(CCC(C)S(C)=O)c(C(=O)O)cc1=O. The third-order valence-electron chi connectivity index (χ3n) is 2.88. The van der Waals surface area contributed by atoms with Crippen LogP contribution in [0.25, 0.3) is 0 Å². The number of aryl methyl sites for hydroxylation is 1. The Kier molecular flexibility index (Phi) is 5.29. The summed E-state index contributed by atoms with van der Waals surface area (Å²) >= 11 is 0. The topological polar surface area (TPSA) is 85.6 Å². The van der Waals surface area contributed by atoms with Crippen molar-refractivity contribution in [3.63, 3.8) is 0 Å². The van der Waals surface area contributed by atoms with E-state index in [9.17, 15) is 13.8 Å². The van der Waals surface area contributed by atoms with Crippen LogP contribution >= 0.6 is 0 Å². The molecule has 0 aliphatic carbocycles. The summed E-state index contributed by atoms with van der Waals surface area (Å²) in [5, 5.41) is 9.02. The number of aromatic nitrogens is 1. The zero-order chi connectivity index (χ0) is 14.6. The summed E-state index contributed by atoms with van der Waals surface area (Å²) in [6.07, 6.45) is 3.53. The highest BCUT2D eigenvalue weighted by molar-refractivity contribution is 7.84. The van der Waals surface area contributed by atoms with Crippen molar-refractivity contribution < 1.29 is 18.8 Å². The van der Waals surface area contributed by atoms with Crippen LogP contribution in [0.15, 0.2) is 17.1 Å². The Morgan fingerprint density at radius 1 is 1.58 bits per heavy atom. The molecule has 0 saturated carbocycles. The average Bonchev–Trinajstić information content (AvgIpc) is 2.35. The van der Waals surface area contributed by atoms with E-state index >= 15 is 0 Å². The number of hydrogen-bond acceptors (Lipinski definition) is 4. The molecule has 0 aromatic carbocycles. The monoisotopic (exact) mass is 287 g/mol. The molecule has 0 aliphatic rings. The number of carboxylic acid groups (broad SMARTS) is 1. The van der Waals surface area contributed by atoms with Gasteiger partial charge in [-0.15, -0.1) is 0 Å². The molecule has 0 fully saturated rings. The van der Waals surface area contributed by atoms with Crippen molar-refractivity contribution in [1.82, 2.24) is 4.57 Å². The second-order valence-electron chi connectivity index (χ2n) is 4.19. The lowest BCUT2D eigenvalue weighted by Crippen LogP contribution is -2.20. The van der Waals surface area contributed by atoms with Crippen molar-refractivity contribution in [3.05, 3.63) is 28.2 Å². The van der Waals surface area contributed by atoms with Gasteiger partial charge in [0.15, 0.2) is 5.75 Å². The van der Waals surface area contributed by atoms with E-state index < -0.39 is 22.2 Å². The Labute approximate surface area is 113 Å². The molecule has 19 heavy (non-hydrogen) atoms. The van der Waals surface area contributed by atoms with E-state index in [0.29, 0.717) is 13.0 Å². The molecular formula is C12H17NO5S. The first-order chi connectivity index (χ1) is 8.86. The lowest BCUT2D eigenvalue weighted by atomic mass is 10.2. The number of ether oxygens (including phenoxy) is 1. The Bertz CT molecular complexity index is 552. The highest BCUT2D eigenvalue weighted by atomic mass is 32.2. The summed E-state index contributed by atoms with van der Waals surface area (Å²) in [6, 6.07) is 1.04. The highest BCUT2D eigenvalue weighted by Gasteiger charge is 2.14. The zero-order valence-electron chi connectivity index (χ0n) is 11.1. The first kappa shape index (κ1) is 15.4. The predicted molar refractivity (Wildman–Crippen MR) is 72.4 cm³/mol. The largest absolute Gasteiger partial charge is 0.491 e. The molecule has 1 rings (SSSR count). The van der Waals surface area contributed by atoms with Crippen molar-refractivity contribution in [2.24, 2.45) is 0 Å². The Morgan fingerprint density at radius 2 is 2.21 bits per heavy atom. The summed E-state index contributed by atoms with van der Waals surface area (Å²) in [6.45, 7) is 2.19. The Morgan fingerprint density at radius 3 is 2.68 bits per heavy atom. The lowest BCUT2D eigenvalue weighted by molar-refractivity contribution is 0.0683. The van der Waals surface area contributed by atoms with Crippen LogP contribution in [-0.4, -0.2) is 38.5 Å². The fraction of sp³-hybridized carbons (Fsp3) is 0.500. The predicted octanol–water partition coefficient (Wildman–Crippen LogP) is 0.712. The minimum absolute atomic E-state index is 0.0490. The number of pyridine rings is 1. The van der Waals surface area contributed by atoms with Crippen molar-refractivity contribution >= 4 is 16.8 Å². The molecule has 0 aliphatic heterocycles. The third-order valence-corrected chi connectivity index (χ3v) is 4.24.